The third-order valence-corrected chi connectivity index (χ3v) is 23.8. The molecule has 0 aromatic heterocycles. The van der Waals surface area contributed by atoms with E-state index in [4.69, 9.17) is 0 Å². The van der Waals surface area contributed by atoms with Gasteiger partial charge in [0, 0.05) is 5.69 Å². The lowest BCUT2D eigenvalue weighted by Crippen LogP contribution is -2.69. The molecular formula is C21H38NPSi2. The lowest BCUT2D eigenvalue weighted by atomic mass is 10.0. The third kappa shape index (κ3) is 3.94. The molecule has 2 aliphatic rings. The second-order valence-corrected chi connectivity index (χ2v) is 22.9. The number of anilines is 1. The van der Waals surface area contributed by atoms with Gasteiger partial charge >= 0.3 is 0 Å². The summed E-state index contributed by atoms with van der Waals surface area (Å²) < 4.78 is 3.08. The SMILES string of the molecule is Cc1cc(C)c(N2[Si](C)(C)CP(C3CCCCC3)C[Si]2(C)C)c(C)c1. The Morgan fingerprint density at radius 2 is 1.32 bits per heavy atom. The quantitative estimate of drug-likeness (QED) is 0.399. The highest BCUT2D eigenvalue weighted by Crippen LogP contribution is 2.56. The van der Waals surface area contributed by atoms with Crippen LogP contribution >= 0.6 is 7.92 Å². The third-order valence-electron chi connectivity index (χ3n) is 6.34. The van der Waals surface area contributed by atoms with Crippen LogP contribution in [0.1, 0.15) is 48.8 Å². The summed E-state index contributed by atoms with van der Waals surface area (Å²) in [6.45, 7) is 17.7. The van der Waals surface area contributed by atoms with Crippen LogP contribution in [0.15, 0.2) is 12.1 Å². The van der Waals surface area contributed by atoms with Crippen molar-refractivity contribution in [3.63, 3.8) is 0 Å². The second kappa shape index (κ2) is 7.13. The molecule has 0 atom stereocenters. The number of hydrogen-bond acceptors (Lipinski definition) is 1. The van der Waals surface area contributed by atoms with E-state index in [1.807, 2.05) is 0 Å². The molecule has 1 aliphatic heterocycles. The van der Waals surface area contributed by atoms with Crippen molar-refractivity contribution in [1.82, 2.24) is 0 Å². The van der Waals surface area contributed by atoms with Crippen molar-refractivity contribution >= 4 is 30.1 Å². The Morgan fingerprint density at radius 1 is 0.840 bits per heavy atom. The Morgan fingerprint density at radius 3 is 1.80 bits per heavy atom. The molecule has 25 heavy (non-hydrogen) atoms. The van der Waals surface area contributed by atoms with Gasteiger partial charge in [0.1, 0.15) is 16.5 Å². The van der Waals surface area contributed by atoms with Crippen molar-refractivity contribution in [3.8, 4) is 0 Å². The maximum absolute atomic E-state index is 3.08. The fraction of sp³-hybridized carbons (Fsp3) is 0.714. The topological polar surface area (TPSA) is 3.24 Å². The first-order chi connectivity index (χ1) is 11.6. The summed E-state index contributed by atoms with van der Waals surface area (Å²) >= 11 is 0. The molecule has 1 aromatic rings. The maximum atomic E-state index is 3.08. The van der Waals surface area contributed by atoms with E-state index in [0.29, 0.717) is 0 Å². The molecule has 4 heteroatoms. The lowest BCUT2D eigenvalue weighted by Gasteiger charge is -2.57. The van der Waals surface area contributed by atoms with Gasteiger partial charge in [-0.1, -0.05) is 63.1 Å². The molecule has 1 saturated heterocycles. The summed E-state index contributed by atoms with van der Waals surface area (Å²) in [6, 6.07) is 4.83. The van der Waals surface area contributed by atoms with Crippen LogP contribution in [0, 0.1) is 20.8 Å². The summed E-state index contributed by atoms with van der Waals surface area (Å²) in [4.78, 5) is 0. The zero-order valence-electron chi connectivity index (χ0n) is 17.6. The Balaban J connectivity index is 1.96. The maximum Gasteiger partial charge on any atom is 0.145 e. The van der Waals surface area contributed by atoms with Crippen LogP contribution < -0.4 is 4.23 Å². The smallest absolute Gasteiger partial charge is 0.145 e. The Labute approximate surface area is 159 Å². The molecule has 1 nitrogen and oxygen atoms in total. The van der Waals surface area contributed by atoms with Crippen LogP contribution in [0.4, 0.5) is 5.69 Å². The molecule has 3 rings (SSSR count). The molecule has 0 bridgehead atoms. The van der Waals surface area contributed by atoms with Crippen molar-refractivity contribution < 1.29 is 0 Å². The summed E-state index contributed by atoms with van der Waals surface area (Å²) in [5.41, 5.74) is 7.17. The van der Waals surface area contributed by atoms with Crippen LogP contribution in [-0.4, -0.2) is 33.7 Å². The van der Waals surface area contributed by atoms with E-state index in [9.17, 15) is 0 Å². The van der Waals surface area contributed by atoms with Crippen LogP contribution in [0.2, 0.25) is 26.2 Å². The summed E-state index contributed by atoms with van der Waals surface area (Å²) in [7, 11) is -2.53. The van der Waals surface area contributed by atoms with Crippen LogP contribution in [-0.2, 0) is 0 Å². The molecule has 1 aromatic carbocycles. The highest BCUT2D eigenvalue weighted by molar-refractivity contribution is 7.65. The number of nitrogens with zero attached hydrogens (tertiary/aromatic N) is 1. The first-order valence-electron chi connectivity index (χ1n) is 10.2. The fourth-order valence-corrected chi connectivity index (χ4v) is 29.3. The van der Waals surface area contributed by atoms with Crippen molar-refractivity contribution in [1.29, 1.82) is 0 Å². The van der Waals surface area contributed by atoms with Gasteiger partial charge in [0.15, 0.2) is 0 Å². The van der Waals surface area contributed by atoms with E-state index in [-0.39, 0.29) is 7.92 Å². The first kappa shape index (κ1) is 19.6. The molecule has 1 heterocycles. The summed E-state index contributed by atoms with van der Waals surface area (Å²) in [5, 5.41) is 0. The minimum atomic E-state index is -1.40. The minimum Gasteiger partial charge on any atom is -0.423 e. The highest BCUT2D eigenvalue weighted by Gasteiger charge is 2.50. The molecule has 0 N–H and O–H groups in total. The van der Waals surface area contributed by atoms with Crippen molar-refractivity contribution in [2.45, 2.75) is 84.7 Å². The zero-order chi connectivity index (χ0) is 18.4. The summed E-state index contributed by atoms with van der Waals surface area (Å²) in [6.07, 6.45) is 7.60. The molecule has 1 saturated carbocycles. The normalized spacial score (nSPS) is 24.5. The molecule has 0 unspecified atom stereocenters. The van der Waals surface area contributed by atoms with E-state index < -0.39 is 16.5 Å². The highest BCUT2D eigenvalue weighted by atomic mass is 31.1. The van der Waals surface area contributed by atoms with E-state index in [1.54, 1.807) is 30.1 Å². The number of benzene rings is 1. The summed E-state index contributed by atoms with van der Waals surface area (Å²) in [5.74, 6) is 3.16. The van der Waals surface area contributed by atoms with Gasteiger partial charge in [-0.2, -0.15) is 0 Å². The second-order valence-electron chi connectivity index (χ2n) is 9.90. The van der Waals surface area contributed by atoms with Gasteiger partial charge in [0.25, 0.3) is 0 Å². The van der Waals surface area contributed by atoms with E-state index in [1.165, 1.54) is 36.0 Å². The molecule has 2 fully saturated rings. The molecule has 0 spiro atoms. The van der Waals surface area contributed by atoms with Gasteiger partial charge in [-0.3, -0.25) is 0 Å². The number of rotatable bonds is 2. The molecule has 1 aliphatic carbocycles. The van der Waals surface area contributed by atoms with E-state index in [0.717, 1.165) is 5.66 Å². The largest absolute Gasteiger partial charge is 0.423 e. The number of hydrogen-bond donors (Lipinski definition) is 0. The Kier molecular flexibility index (Phi) is 5.60. The fourth-order valence-electron chi connectivity index (χ4n) is 5.85. The van der Waals surface area contributed by atoms with Gasteiger partial charge in [-0.05, 0) is 62.0 Å². The number of aryl methyl sites for hydroxylation is 3. The van der Waals surface area contributed by atoms with Gasteiger partial charge in [-0.25, -0.2) is 0 Å². The Hall–Kier alpha value is -0.116. The van der Waals surface area contributed by atoms with Crippen LogP contribution in [0.3, 0.4) is 0 Å². The lowest BCUT2D eigenvalue weighted by molar-refractivity contribution is 0.511. The van der Waals surface area contributed by atoms with E-state index in [2.05, 4.69) is 63.3 Å². The molecule has 0 amide bonds. The van der Waals surface area contributed by atoms with Crippen LogP contribution in [0.5, 0.6) is 0 Å². The van der Waals surface area contributed by atoms with Gasteiger partial charge in [-0.15, -0.1) is 7.92 Å². The standard InChI is InChI=1S/C21H38NPSi2/c1-17-13-18(2)21(19(3)14-17)22-24(4,5)15-23(16-25(22,6)7)20-11-9-8-10-12-20/h13-14,20H,8-12,15-16H2,1-7H3. The van der Waals surface area contributed by atoms with Crippen molar-refractivity contribution in [2.75, 3.05) is 15.8 Å². The molecule has 140 valence electrons. The average Bonchev–Trinajstić information content (AvgIpc) is 2.49. The zero-order valence-corrected chi connectivity index (χ0v) is 20.5. The first-order valence-corrected chi connectivity index (χ1v) is 18.3. The Bertz CT molecular complexity index is 594. The van der Waals surface area contributed by atoms with Gasteiger partial charge < -0.3 is 4.23 Å². The van der Waals surface area contributed by atoms with Crippen LogP contribution in [0.25, 0.3) is 0 Å². The molecular weight excluding hydrogens is 353 g/mol. The van der Waals surface area contributed by atoms with Crippen molar-refractivity contribution in [2.24, 2.45) is 0 Å². The predicted octanol–water partition coefficient (Wildman–Crippen LogP) is 6.74. The monoisotopic (exact) mass is 391 g/mol. The van der Waals surface area contributed by atoms with Gasteiger partial charge in [0.2, 0.25) is 0 Å². The predicted molar refractivity (Wildman–Crippen MR) is 122 cm³/mol. The van der Waals surface area contributed by atoms with Crippen molar-refractivity contribution in [3.05, 3.63) is 28.8 Å². The molecule has 0 radical (unpaired) electrons. The average molecular weight is 392 g/mol. The van der Waals surface area contributed by atoms with Gasteiger partial charge in [0.05, 0.1) is 0 Å². The minimum absolute atomic E-state index is 0.273. The van der Waals surface area contributed by atoms with E-state index >= 15 is 0 Å².